The summed E-state index contributed by atoms with van der Waals surface area (Å²) in [7, 11) is 0. The van der Waals surface area contributed by atoms with E-state index in [1.165, 1.54) is 5.56 Å². The van der Waals surface area contributed by atoms with Crippen LogP contribution in [0.25, 0.3) is 0 Å². The molecule has 0 amide bonds. The van der Waals surface area contributed by atoms with Gasteiger partial charge in [0.1, 0.15) is 0 Å². The van der Waals surface area contributed by atoms with Crippen LogP contribution < -0.4 is 5.73 Å². The second-order valence-electron chi connectivity index (χ2n) is 2.42. The highest BCUT2D eigenvalue weighted by Crippen LogP contribution is 1.94. The standard InChI is InChI=1S/C7H13N3.ClH/c1-7-5-9-10(6-7)4-2-3-8;/h5-6H,2-4,8H2,1H3;1H. The summed E-state index contributed by atoms with van der Waals surface area (Å²) in [4.78, 5) is 0. The predicted octanol–water partition coefficient (Wildman–Crippen LogP) is 0.962. The fourth-order valence-electron chi connectivity index (χ4n) is 0.843. The number of aryl methyl sites for hydroxylation is 2. The number of hydrogen-bond acceptors (Lipinski definition) is 2. The number of nitrogens with zero attached hydrogens (tertiary/aromatic N) is 2. The van der Waals surface area contributed by atoms with Gasteiger partial charge in [-0.1, -0.05) is 0 Å². The average molecular weight is 176 g/mol. The van der Waals surface area contributed by atoms with Gasteiger partial charge in [0.25, 0.3) is 0 Å². The van der Waals surface area contributed by atoms with Gasteiger partial charge in [-0.15, -0.1) is 12.4 Å². The zero-order valence-corrected chi connectivity index (χ0v) is 7.47. The lowest BCUT2D eigenvalue weighted by atomic mass is 10.4. The molecule has 0 aliphatic carbocycles. The predicted molar refractivity (Wildman–Crippen MR) is 47.9 cm³/mol. The highest BCUT2D eigenvalue weighted by molar-refractivity contribution is 5.85. The Kier molecular flexibility index (Phi) is 4.90. The lowest BCUT2D eigenvalue weighted by Crippen LogP contribution is -2.05. The molecule has 0 bridgehead atoms. The number of aromatic nitrogens is 2. The van der Waals surface area contributed by atoms with E-state index < -0.39 is 0 Å². The van der Waals surface area contributed by atoms with Crippen molar-refractivity contribution in [3.8, 4) is 0 Å². The lowest BCUT2D eigenvalue weighted by Gasteiger charge is -1.96. The third-order valence-corrected chi connectivity index (χ3v) is 1.35. The van der Waals surface area contributed by atoms with Crippen molar-refractivity contribution in [2.45, 2.75) is 19.9 Å². The lowest BCUT2D eigenvalue weighted by molar-refractivity contribution is 0.584. The van der Waals surface area contributed by atoms with Gasteiger partial charge in [0, 0.05) is 12.7 Å². The van der Waals surface area contributed by atoms with Crippen molar-refractivity contribution in [3.63, 3.8) is 0 Å². The molecule has 0 aromatic carbocycles. The molecule has 0 radical (unpaired) electrons. The monoisotopic (exact) mass is 175 g/mol. The van der Waals surface area contributed by atoms with Gasteiger partial charge in [-0.05, 0) is 25.5 Å². The molecule has 2 N–H and O–H groups in total. The van der Waals surface area contributed by atoms with Gasteiger partial charge in [-0.25, -0.2) is 0 Å². The molecule has 0 aliphatic rings. The molecule has 3 nitrogen and oxygen atoms in total. The van der Waals surface area contributed by atoms with Gasteiger partial charge in [0.2, 0.25) is 0 Å². The summed E-state index contributed by atoms with van der Waals surface area (Å²) in [6.07, 6.45) is 4.88. The maximum absolute atomic E-state index is 5.34. The van der Waals surface area contributed by atoms with E-state index in [0.717, 1.165) is 19.5 Å². The van der Waals surface area contributed by atoms with Gasteiger partial charge >= 0.3 is 0 Å². The van der Waals surface area contributed by atoms with Crippen molar-refractivity contribution < 1.29 is 0 Å². The molecule has 0 saturated heterocycles. The molecule has 1 aromatic heterocycles. The molecule has 11 heavy (non-hydrogen) atoms. The molecule has 4 heteroatoms. The molecule has 1 rings (SSSR count). The van der Waals surface area contributed by atoms with Crippen LogP contribution in [0.1, 0.15) is 12.0 Å². The van der Waals surface area contributed by atoms with Gasteiger partial charge < -0.3 is 5.73 Å². The quantitative estimate of drug-likeness (QED) is 0.744. The summed E-state index contributed by atoms with van der Waals surface area (Å²) in [5, 5.41) is 4.11. The molecule has 1 heterocycles. The molecule has 0 atom stereocenters. The molecule has 0 unspecified atom stereocenters. The third-order valence-electron chi connectivity index (χ3n) is 1.35. The highest BCUT2D eigenvalue weighted by atomic mass is 35.5. The maximum Gasteiger partial charge on any atom is 0.0518 e. The number of rotatable bonds is 3. The highest BCUT2D eigenvalue weighted by Gasteiger charge is 1.90. The molecule has 0 fully saturated rings. The first-order valence-electron chi connectivity index (χ1n) is 3.52. The van der Waals surface area contributed by atoms with Crippen LogP contribution in [0.2, 0.25) is 0 Å². The van der Waals surface area contributed by atoms with E-state index in [9.17, 15) is 0 Å². The molecule has 0 spiro atoms. The Bertz CT molecular complexity index is 197. The zero-order chi connectivity index (χ0) is 7.40. The van der Waals surface area contributed by atoms with Crippen molar-refractivity contribution in [2.75, 3.05) is 6.54 Å². The number of nitrogens with two attached hydrogens (primary N) is 1. The van der Waals surface area contributed by atoms with E-state index in [1.54, 1.807) is 0 Å². The van der Waals surface area contributed by atoms with E-state index in [1.807, 2.05) is 24.0 Å². The summed E-state index contributed by atoms with van der Waals surface area (Å²) < 4.78 is 1.92. The first-order valence-corrected chi connectivity index (χ1v) is 3.52. The van der Waals surface area contributed by atoms with Crippen LogP contribution in [0.15, 0.2) is 12.4 Å². The topological polar surface area (TPSA) is 43.8 Å². The van der Waals surface area contributed by atoms with Crippen molar-refractivity contribution in [2.24, 2.45) is 5.73 Å². The Labute approximate surface area is 73.0 Å². The minimum atomic E-state index is 0. The molecule has 64 valence electrons. The molecule has 0 saturated carbocycles. The second kappa shape index (κ2) is 5.16. The van der Waals surface area contributed by atoms with E-state index in [2.05, 4.69) is 5.10 Å². The second-order valence-corrected chi connectivity index (χ2v) is 2.42. The van der Waals surface area contributed by atoms with Crippen LogP contribution >= 0.6 is 12.4 Å². The summed E-state index contributed by atoms with van der Waals surface area (Å²) in [6.45, 7) is 3.70. The molecular weight excluding hydrogens is 162 g/mol. The summed E-state index contributed by atoms with van der Waals surface area (Å²) in [5.74, 6) is 0. The molecular formula is C7H14ClN3. The Morgan fingerprint density at radius 1 is 1.64 bits per heavy atom. The Morgan fingerprint density at radius 2 is 2.36 bits per heavy atom. The smallest absolute Gasteiger partial charge is 0.0518 e. The number of halogens is 1. The SMILES string of the molecule is Cc1cnn(CCCN)c1.Cl. The summed E-state index contributed by atoms with van der Waals surface area (Å²) in [5.41, 5.74) is 6.55. The van der Waals surface area contributed by atoms with Crippen LogP contribution in [-0.2, 0) is 6.54 Å². The van der Waals surface area contributed by atoms with Crippen LogP contribution in [0.4, 0.5) is 0 Å². The fraction of sp³-hybridized carbons (Fsp3) is 0.571. The fourth-order valence-corrected chi connectivity index (χ4v) is 0.843. The van der Waals surface area contributed by atoms with Crippen LogP contribution in [0, 0.1) is 6.92 Å². The van der Waals surface area contributed by atoms with Gasteiger partial charge in [0.15, 0.2) is 0 Å². The van der Waals surface area contributed by atoms with Gasteiger partial charge in [-0.3, -0.25) is 4.68 Å². The van der Waals surface area contributed by atoms with Crippen molar-refractivity contribution >= 4 is 12.4 Å². The molecule has 1 aromatic rings. The Balaban J connectivity index is 0.000001000. The minimum absolute atomic E-state index is 0. The summed E-state index contributed by atoms with van der Waals surface area (Å²) >= 11 is 0. The Morgan fingerprint density at radius 3 is 2.82 bits per heavy atom. The van der Waals surface area contributed by atoms with E-state index in [4.69, 9.17) is 5.73 Å². The first-order chi connectivity index (χ1) is 4.83. The average Bonchev–Trinajstić information content (AvgIpc) is 2.31. The van der Waals surface area contributed by atoms with Gasteiger partial charge in [0.05, 0.1) is 6.20 Å². The van der Waals surface area contributed by atoms with Crippen molar-refractivity contribution in [1.29, 1.82) is 0 Å². The largest absolute Gasteiger partial charge is 0.330 e. The van der Waals surface area contributed by atoms with E-state index in [-0.39, 0.29) is 12.4 Å². The van der Waals surface area contributed by atoms with Crippen LogP contribution in [0.3, 0.4) is 0 Å². The van der Waals surface area contributed by atoms with E-state index in [0.29, 0.717) is 0 Å². The number of hydrogen-bond donors (Lipinski definition) is 1. The normalized spacial score (nSPS) is 9.27. The minimum Gasteiger partial charge on any atom is -0.330 e. The van der Waals surface area contributed by atoms with Gasteiger partial charge in [-0.2, -0.15) is 5.10 Å². The van der Waals surface area contributed by atoms with Crippen LogP contribution in [0.5, 0.6) is 0 Å². The summed E-state index contributed by atoms with van der Waals surface area (Å²) in [6, 6.07) is 0. The maximum atomic E-state index is 5.34. The Hall–Kier alpha value is -0.540. The first kappa shape index (κ1) is 10.5. The third kappa shape index (κ3) is 3.39. The van der Waals surface area contributed by atoms with Crippen molar-refractivity contribution in [1.82, 2.24) is 9.78 Å². The molecule has 0 aliphatic heterocycles. The zero-order valence-electron chi connectivity index (χ0n) is 6.66. The van der Waals surface area contributed by atoms with Crippen molar-refractivity contribution in [3.05, 3.63) is 18.0 Å². The van der Waals surface area contributed by atoms with E-state index >= 15 is 0 Å². The van der Waals surface area contributed by atoms with Crippen LogP contribution in [-0.4, -0.2) is 16.3 Å².